The smallest absolute Gasteiger partial charge is 0.317 e. The Morgan fingerprint density at radius 3 is 1.53 bits per heavy atom. The summed E-state index contributed by atoms with van der Waals surface area (Å²) in [6.45, 7) is 2.33. The summed E-state index contributed by atoms with van der Waals surface area (Å²) in [5, 5.41) is 39.2. The molecule has 0 spiro atoms. The average molecular weight is 512 g/mol. The zero-order chi connectivity index (χ0) is 26.7. The largest absolute Gasteiger partial charge is 0.496 e. The lowest BCUT2D eigenvalue weighted by molar-refractivity contribution is -0.385. The Morgan fingerprint density at radius 1 is 0.806 bits per heavy atom. The van der Waals surface area contributed by atoms with Crippen LogP contribution in [0, 0.1) is 10.1 Å². The molecule has 1 heterocycles. The number of carboxylic acids is 3. The minimum atomic E-state index is -1.02. The van der Waals surface area contributed by atoms with E-state index < -0.39 is 22.8 Å². The molecular weight excluding hydrogens is 478 g/mol. The third kappa shape index (κ3) is 10.1. The van der Waals surface area contributed by atoms with Crippen molar-refractivity contribution in [3.8, 4) is 5.75 Å². The molecule has 0 amide bonds. The van der Waals surface area contributed by atoms with Crippen molar-refractivity contribution in [2.45, 2.75) is 6.54 Å². The van der Waals surface area contributed by atoms with Gasteiger partial charge in [-0.3, -0.25) is 44.1 Å². The summed E-state index contributed by atoms with van der Waals surface area (Å²) in [6.07, 6.45) is 0. The Balaban J connectivity index is 2.28. The number of benzene rings is 1. The molecule has 1 fully saturated rings. The van der Waals surface area contributed by atoms with Gasteiger partial charge in [0.1, 0.15) is 5.75 Å². The monoisotopic (exact) mass is 511 g/mol. The zero-order valence-electron chi connectivity index (χ0n) is 20.2. The summed E-state index contributed by atoms with van der Waals surface area (Å²) < 4.78 is 5.37. The number of ether oxygens (including phenoxy) is 1. The third-order valence-corrected chi connectivity index (χ3v) is 5.88. The standard InChI is InChI=1S/C22H33N5O9/c1-36-19-3-2-18(27(34)35)12-17(19)13-23-4-6-24(14-20(28)29)8-10-26(16-22(32)33)11-9-25(7-5-23)15-21(30)31/h2-3,12H,4-11,13-16H2,1H3,(H,28,29)(H,30,31)(H,32,33). The summed E-state index contributed by atoms with van der Waals surface area (Å²) in [7, 11) is 1.47. The summed E-state index contributed by atoms with van der Waals surface area (Å²) in [5.41, 5.74) is 0.500. The van der Waals surface area contributed by atoms with Crippen LogP contribution >= 0.6 is 0 Å². The number of nitro groups is 1. The van der Waals surface area contributed by atoms with E-state index in [0.29, 0.717) is 63.7 Å². The molecule has 36 heavy (non-hydrogen) atoms. The van der Waals surface area contributed by atoms with Crippen molar-refractivity contribution >= 4 is 23.6 Å². The number of hydrogen-bond acceptors (Lipinski definition) is 10. The molecule has 2 rings (SSSR count). The number of rotatable bonds is 10. The fraction of sp³-hybridized carbons (Fsp3) is 0.591. The van der Waals surface area contributed by atoms with Crippen LogP contribution in [0.5, 0.6) is 5.75 Å². The molecule has 0 bridgehead atoms. The Labute approximate surface area is 208 Å². The molecule has 0 atom stereocenters. The fourth-order valence-electron chi connectivity index (χ4n) is 4.03. The maximum atomic E-state index is 11.4. The summed E-state index contributed by atoms with van der Waals surface area (Å²) in [6, 6.07) is 4.31. The van der Waals surface area contributed by atoms with E-state index in [1.807, 2.05) is 4.90 Å². The normalized spacial score (nSPS) is 17.6. The Hall–Kier alpha value is -3.33. The molecule has 3 N–H and O–H groups in total. The van der Waals surface area contributed by atoms with Gasteiger partial charge in [0.2, 0.25) is 0 Å². The molecule has 0 saturated carbocycles. The molecule has 0 aliphatic carbocycles. The first kappa shape index (κ1) is 28.9. The van der Waals surface area contributed by atoms with Gasteiger partial charge in [-0.15, -0.1) is 0 Å². The predicted octanol–water partition coefficient (Wildman–Crippen LogP) is -0.421. The van der Waals surface area contributed by atoms with Crippen LogP contribution in [0.1, 0.15) is 5.56 Å². The van der Waals surface area contributed by atoms with Crippen LogP contribution in [0.3, 0.4) is 0 Å². The van der Waals surface area contributed by atoms with Crippen LogP contribution in [-0.2, 0) is 20.9 Å². The van der Waals surface area contributed by atoms with Crippen molar-refractivity contribution in [3.63, 3.8) is 0 Å². The lowest BCUT2D eigenvalue weighted by Gasteiger charge is -2.33. The van der Waals surface area contributed by atoms with E-state index in [2.05, 4.69) is 0 Å². The maximum absolute atomic E-state index is 11.4. The van der Waals surface area contributed by atoms with Crippen LogP contribution in [0.4, 0.5) is 5.69 Å². The highest BCUT2D eigenvalue weighted by molar-refractivity contribution is 5.69. The highest BCUT2D eigenvalue weighted by atomic mass is 16.6. The highest BCUT2D eigenvalue weighted by Crippen LogP contribution is 2.25. The number of nitrogens with zero attached hydrogens (tertiary/aromatic N) is 5. The SMILES string of the molecule is COc1ccc([N+](=O)[O-])cc1CN1CCN(CC(=O)O)CCN(CC(=O)O)CCN(CC(=O)O)CC1. The molecule has 1 aromatic rings. The average Bonchev–Trinajstić information content (AvgIpc) is 2.79. The van der Waals surface area contributed by atoms with Crippen molar-refractivity contribution in [3.05, 3.63) is 33.9 Å². The molecule has 0 aromatic heterocycles. The molecule has 0 unspecified atom stereocenters. The Bertz CT molecular complexity index is 897. The van der Waals surface area contributed by atoms with Crippen LogP contribution in [-0.4, -0.2) is 137 Å². The lowest BCUT2D eigenvalue weighted by atomic mass is 10.1. The minimum Gasteiger partial charge on any atom is -0.496 e. The van der Waals surface area contributed by atoms with Gasteiger partial charge in [0.25, 0.3) is 5.69 Å². The first-order valence-electron chi connectivity index (χ1n) is 11.4. The van der Waals surface area contributed by atoms with E-state index >= 15 is 0 Å². The van der Waals surface area contributed by atoms with E-state index in [1.165, 1.54) is 25.3 Å². The number of aliphatic carboxylic acids is 3. The number of methoxy groups -OCH3 is 1. The first-order chi connectivity index (χ1) is 17.1. The van der Waals surface area contributed by atoms with Gasteiger partial charge >= 0.3 is 17.9 Å². The second-order valence-corrected chi connectivity index (χ2v) is 8.54. The molecule has 200 valence electrons. The molecule has 1 aromatic carbocycles. The summed E-state index contributed by atoms with van der Waals surface area (Å²) in [4.78, 5) is 51.9. The van der Waals surface area contributed by atoms with Gasteiger partial charge in [-0.2, -0.15) is 0 Å². The maximum Gasteiger partial charge on any atom is 0.317 e. The van der Waals surface area contributed by atoms with Crippen LogP contribution in [0.2, 0.25) is 0 Å². The second-order valence-electron chi connectivity index (χ2n) is 8.54. The topological polar surface area (TPSA) is 177 Å². The molecule has 14 nitrogen and oxygen atoms in total. The second kappa shape index (κ2) is 14.3. The zero-order valence-corrected chi connectivity index (χ0v) is 20.2. The van der Waals surface area contributed by atoms with Crippen molar-refractivity contribution in [2.24, 2.45) is 0 Å². The van der Waals surface area contributed by atoms with Gasteiger partial charge in [0.15, 0.2) is 0 Å². The molecule has 14 heteroatoms. The molecule has 1 aliphatic heterocycles. The molecule has 1 saturated heterocycles. The van der Waals surface area contributed by atoms with Gasteiger partial charge < -0.3 is 20.1 Å². The molecule has 1 aliphatic rings. The summed E-state index contributed by atoms with van der Waals surface area (Å²) >= 11 is 0. The van der Waals surface area contributed by atoms with E-state index in [-0.39, 0.29) is 31.9 Å². The predicted molar refractivity (Wildman–Crippen MR) is 127 cm³/mol. The van der Waals surface area contributed by atoms with Crippen molar-refractivity contribution in [1.82, 2.24) is 19.6 Å². The molecular formula is C22H33N5O9. The first-order valence-corrected chi connectivity index (χ1v) is 11.4. The number of carboxylic acid groups (broad SMARTS) is 3. The number of nitro benzene ring substituents is 1. The van der Waals surface area contributed by atoms with E-state index in [9.17, 15) is 39.8 Å². The van der Waals surface area contributed by atoms with Crippen LogP contribution < -0.4 is 4.74 Å². The minimum absolute atomic E-state index is 0.0846. The van der Waals surface area contributed by atoms with Gasteiger partial charge in [-0.25, -0.2) is 0 Å². The van der Waals surface area contributed by atoms with Crippen molar-refractivity contribution in [1.29, 1.82) is 0 Å². The Morgan fingerprint density at radius 2 is 1.19 bits per heavy atom. The van der Waals surface area contributed by atoms with E-state index in [4.69, 9.17) is 4.74 Å². The quantitative estimate of drug-likeness (QED) is 0.273. The van der Waals surface area contributed by atoms with Gasteiger partial charge in [-0.1, -0.05) is 0 Å². The van der Waals surface area contributed by atoms with Crippen LogP contribution in [0.25, 0.3) is 0 Å². The fourth-order valence-corrected chi connectivity index (χ4v) is 4.03. The highest BCUT2D eigenvalue weighted by Gasteiger charge is 2.21. The van der Waals surface area contributed by atoms with E-state index in [0.717, 1.165) is 0 Å². The van der Waals surface area contributed by atoms with Crippen molar-refractivity contribution < 1.29 is 39.4 Å². The molecule has 0 radical (unpaired) electrons. The lowest BCUT2D eigenvalue weighted by Crippen LogP contribution is -2.48. The van der Waals surface area contributed by atoms with Gasteiger partial charge in [0.05, 0.1) is 31.7 Å². The van der Waals surface area contributed by atoms with Gasteiger partial charge in [0, 0.05) is 76.6 Å². The number of carbonyl (C=O) groups is 3. The number of hydrogen-bond donors (Lipinski definition) is 3. The van der Waals surface area contributed by atoms with Crippen molar-refractivity contribution in [2.75, 3.05) is 79.1 Å². The Kier molecular flexibility index (Phi) is 11.5. The third-order valence-electron chi connectivity index (χ3n) is 5.88. The summed E-state index contributed by atoms with van der Waals surface area (Å²) in [5.74, 6) is -2.56. The van der Waals surface area contributed by atoms with Crippen LogP contribution in [0.15, 0.2) is 18.2 Å². The van der Waals surface area contributed by atoms with E-state index in [1.54, 1.807) is 14.7 Å². The van der Waals surface area contributed by atoms with Gasteiger partial charge in [-0.05, 0) is 6.07 Å². The number of non-ortho nitro benzene ring substituents is 1.